The summed E-state index contributed by atoms with van der Waals surface area (Å²) < 4.78 is 36.0. The first-order chi connectivity index (χ1) is 9.37. The van der Waals surface area contributed by atoms with E-state index in [1.54, 1.807) is 20.1 Å². The van der Waals surface area contributed by atoms with Gasteiger partial charge < -0.3 is 9.47 Å². The fourth-order valence-electron chi connectivity index (χ4n) is 1.79. The highest BCUT2D eigenvalue weighted by atomic mass is 32.2. The first-order valence-corrected chi connectivity index (χ1v) is 8.54. The van der Waals surface area contributed by atoms with E-state index >= 15 is 0 Å². The number of methoxy groups -OCH3 is 1. The van der Waals surface area contributed by atoms with E-state index in [1.807, 2.05) is 12.1 Å². The second-order valence-corrected chi connectivity index (χ2v) is 6.50. The van der Waals surface area contributed by atoms with E-state index < -0.39 is 10.0 Å². The standard InChI is InChI=1S/C14H23NO4S/c1-5-6-9-19-13-8-7-12(10-14(13)18-3)11(2)15-20(4,16)17/h7-8,10-11,15H,5-6,9H2,1-4H3. The number of benzene rings is 1. The van der Waals surface area contributed by atoms with Gasteiger partial charge in [-0.3, -0.25) is 0 Å². The summed E-state index contributed by atoms with van der Waals surface area (Å²) in [7, 11) is -1.67. The van der Waals surface area contributed by atoms with Crippen molar-refractivity contribution in [2.45, 2.75) is 32.7 Å². The van der Waals surface area contributed by atoms with Crippen molar-refractivity contribution in [2.75, 3.05) is 20.0 Å². The van der Waals surface area contributed by atoms with Crippen molar-refractivity contribution >= 4 is 10.0 Å². The third-order valence-corrected chi connectivity index (χ3v) is 3.62. The fraction of sp³-hybridized carbons (Fsp3) is 0.571. The van der Waals surface area contributed by atoms with Crippen LogP contribution in [0, 0.1) is 0 Å². The molecule has 0 fully saturated rings. The molecule has 0 heterocycles. The maximum absolute atomic E-state index is 11.2. The molecule has 1 aromatic carbocycles. The summed E-state index contributed by atoms with van der Waals surface area (Å²) in [4.78, 5) is 0. The Hall–Kier alpha value is -1.27. The van der Waals surface area contributed by atoms with E-state index in [0.29, 0.717) is 18.1 Å². The molecule has 1 atom stereocenters. The average Bonchev–Trinajstić information content (AvgIpc) is 2.37. The summed E-state index contributed by atoms with van der Waals surface area (Å²) in [5, 5.41) is 0. The largest absolute Gasteiger partial charge is 0.493 e. The van der Waals surface area contributed by atoms with Gasteiger partial charge in [0, 0.05) is 6.04 Å². The van der Waals surface area contributed by atoms with Crippen LogP contribution in [0.1, 0.15) is 38.3 Å². The first kappa shape index (κ1) is 16.8. The number of sulfonamides is 1. The maximum Gasteiger partial charge on any atom is 0.209 e. The van der Waals surface area contributed by atoms with Crippen LogP contribution in [0.15, 0.2) is 18.2 Å². The molecule has 0 spiro atoms. The van der Waals surface area contributed by atoms with Crippen LogP contribution in [0.5, 0.6) is 11.5 Å². The van der Waals surface area contributed by atoms with Crippen LogP contribution in [-0.2, 0) is 10.0 Å². The van der Waals surface area contributed by atoms with Gasteiger partial charge in [-0.25, -0.2) is 13.1 Å². The van der Waals surface area contributed by atoms with Crippen LogP contribution in [0.25, 0.3) is 0 Å². The van der Waals surface area contributed by atoms with Gasteiger partial charge in [0.25, 0.3) is 0 Å². The highest BCUT2D eigenvalue weighted by molar-refractivity contribution is 7.88. The summed E-state index contributed by atoms with van der Waals surface area (Å²) in [5.41, 5.74) is 0.829. The summed E-state index contributed by atoms with van der Waals surface area (Å²) in [5.74, 6) is 1.29. The number of hydrogen-bond donors (Lipinski definition) is 1. The highest BCUT2D eigenvalue weighted by Crippen LogP contribution is 2.30. The molecule has 0 saturated heterocycles. The molecular weight excluding hydrogens is 278 g/mol. The molecule has 1 N–H and O–H groups in total. The Balaban J connectivity index is 2.85. The zero-order valence-corrected chi connectivity index (χ0v) is 13.3. The Kier molecular flexibility index (Phi) is 6.29. The van der Waals surface area contributed by atoms with Gasteiger partial charge in [-0.2, -0.15) is 0 Å². The van der Waals surface area contributed by atoms with Gasteiger partial charge in [0.2, 0.25) is 10.0 Å². The van der Waals surface area contributed by atoms with Crippen molar-refractivity contribution in [1.82, 2.24) is 4.72 Å². The smallest absolute Gasteiger partial charge is 0.209 e. The lowest BCUT2D eigenvalue weighted by Crippen LogP contribution is -2.25. The lowest BCUT2D eigenvalue weighted by Gasteiger charge is -2.16. The van der Waals surface area contributed by atoms with Gasteiger partial charge in [0.05, 0.1) is 20.0 Å². The molecule has 114 valence electrons. The molecular formula is C14H23NO4S. The summed E-state index contributed by atoms with van der Waals surface area (Å²) in [6.45, 7) is 4.53. The van der Waals surface area contributed by atoms with E-state index in [9.17, 15) is 8.42 Å². The molecule has 0 radical (unpaired) electrons. The van der Waals surface area contributed by atoms with E-state index in [4.69, 9.17) is 9.47 Å². The van der Waals surface area contributed by atoms with Gasteiger partial charge in [-0.15, -0.1) is 0 Å². The molecule has 1 unspecified atom stereocenters. The third kappa shape index (κ3) is 5.38. The topological polar surface area (TPSA) is 64.6 Å². The zero-order valence-electron chi connectivity index (χ0n) is 12.5. The number of unbranched alkanes of at least 4 members (excludes halogenated alkanes) is 1. The molecule has 0 aliphatic carbocycles. The Morgan fingerprint density at radius 2 is 2.00 bits per heavy atom. The van der Waals surface area contributed by atoms with E-state index in [2.05, 4.69) is 11.6 Å². The van der Waals surface area contributed by atoms with Gasteiger partial charge in [0.15, 0.2) is 11.5 Å². The molecule has 6 heteroatoms. The van der Waals surface area contributed by atoms with Crippen LogP contribution >= 0.6 is 0 Å². The Morgan fingerprint density at radius 1 is 1.30 bits per heavy atom. The third-order valence-electron chi connectivity index (χ3n) is 2.83. The van der Waals surface area contributed by atoms with Crippen LogP contribution < -0.4 is 14.2 Å². The van der Waals surface area contributed by atoms with Crippen molar-refractivity contribution in [1.29, 1.82) is 0 Å². The summed E-state index contributed by atoms with van der Waals surface area (Å²) in [6.07, 6.45) is 3.19. The fourth-order valence-corrected chi connectivity index (χ4v) is 2.57. The Labute approximate surface area is 121 Å². The quantitative estimate of drug-likeness (QED) is 0.749. The molecule has 0 aromatic heterocycles. The first-order valence-electron chi connectivity index (χ1n) is 6.65. The number of nitrogens with one attached hydrogen (secondary N) is 1. The van der Waals surface area contributed by atoms with Gasteiger partial charge >= 0.3 is 0 Å². The predicted octanol–water partition coefficient (Wildman–Crippen LogP) is 2.48. The van der Waals surface area contributed by atoms with E-state index in [0.717, 1.165) is 24.7 Å². The SMILES string of the molecule is CCCCOc1ccc(C(C)NS(C)(=O)=O)cc1OC. The van der Waals surface area contributed by atoms with Crippen LogP contribution in [0.3, 0.4) is 0 Å². The van der Waals surface area contributed by atoms with E-state index in [-0.39, 0.29) is 6.04 Å². The minimum Gasteiger partial charge on any atom is -0.493 e. The van der Waals surface area contributed by atoms with Crippen LogP contribution in [-0.4, -0.2) is 28.4 Å². The normalized spacial score (nSPS) is 13.0. The molecule has 0 bridgehead atoms. The van der Waals surface area contributed by atoms with E-state index in [1.165, 1.54) is 0 Å². The minimum absolute atomic E-state index is 0.316. The second-order valence-electron chi connectivity index (χ2n) is 4.72. The van der Waals surface area contributed by atoms with Crippen LogP contribution in [0.2, 0.25) is 0 Å². The highest BCUT2D eigenvalue weighted by Gasteiger charge is 2.13. The Bertz CT molecular complexity index is 528. The molecule has 5 nitrogen and oxygen atoms in total. The number of hydrogen-bond acceptors (Lipinski definition) is 4. The van der Waals surface area contributed by atoms with Crippen molar-refractivity contribution in [2.24, 2.45) is 0 Å². The predicted molar refractivity (Wildman–Crippen MR) is 79.8 cm³/mol. The van der Waals surface area contributed by atoms with Gasteiger partial charge in [-0.1, -0.05) is 19.4 Å². The second kappa shape index (κ2) is 7.50. The average molecular weight is 301 g/mol. The van der Waals surface area contributed by atoms with Crippen molar-refractivity contribution in [3.63, 3.8) is 0 Å². The van der Waals surface area contributed by atoms with Crippen molar-refractivity contribution < 1.29 is 17.9 Å². The maximum atomic E-state index is 11.2. The molecule has 20 heavy (non-hydrogen) atoms. The van der Waals surface area contributed by atoms with Gasteiger partial charge in [-0.05, 0) is 31.0 Å². The molecule has 0 aliphatic rings. The molecule has 1 aromatic rings. The van der Waals surface area contributed by atoms with Crippen LogP contribution in [0.4, 0.5) is 0 Å². The Morgan fingerprint density at radius 3 is 2.55 bits per heavy atom. The molecule has 0 saturated carbocycles. The number of ether oxygens (including phenoxy) is 2. The lowest BCUT2D eigenvalue weighted by atomic mass is 10.1. The summed E-state index contributed by atoms with van der Waals surface area (Å²) >= 11 is 0. The van der Waals surface area contributed by atoms with Crippen molar-refractivity contribution in [3.05, 3.63) is 23.8 Å². The molecule has 0 amide bonds. The number of rotatable bonds is 8. The van der Waals surface area contributed by atoms with Crippen molar-refractivity contribution in [3.8, 4) is 11.5 Å². The zero-order chi connectivity index (χ0) is 15.2. The molecule has 0 aliphatic heterocycles. The molecule has 1 rings (SSSR count). The summed E-state index contributed by atoms with van der Waals surface area (Å²) in [6, 6.07) is 5.13. The minimum atomic E-state index is -3.24. The monoisotopic (exact) mass is 301 g/mol. The lowest BCUT2D eigenvalue weighted by molar-refractivity contribution is 0.288. The van der Waals surface area contributed by atoms with Gasteiger partial charge in [0.1, 0.15) is 0 Å².